The third-order valence-corrected chi connectivity index (χ3v) is 5.14. The Morgan fingerprint density at radius 2 is 1.70 bits per heavy atom. The van der Waals surface area contributed by atoms with Gasteiger partial charge in [-0.2, -0.15) is 10.2 Å². The largest absolute Gasteiger partial charge is 0.322 e. The van der Waals surface area contributed by atoms with Gasteiger partial charge < -0.3 is 4.57 Å². The number of nitrogens with zero attached hydrogens (tertiary/aromatic N) is 7. The van der Waals surface area contributed by atoms with Gasteiger partial charge in [0, 0.05) is 18.0 Å². The molecule has 3 aromatic heterocycles. The monoisotopic (exact) mass is 396 g/mol. The minimum atomic E-state index is 0.305. The Kier molecular flexibility index (Phi) is 4.51. The molecule has 0 aliphatic heterocycles. The van der Waals surface area contributed by atoms with Crippen LogP contribution in [-0.2, 0) is 6.54 Å². The number of imidazole rings is 1. The van der Waals surface area contributed by atoms with E-state index in [1.807, 2.05) is 18.2 Å². The maximum atomic E-state index is 4.75. The SMILES string of the molecule is CC(C)c1nc2cnncc2n1Cc1ccc(-c2ccccc2-c2nnn[nH]2)cc1. The van der Waals surface area contributed by atoms with Gasteiger partial charge in [0.05, 0.1) is 17.9 Å². The van der Waals surface area contributed by atoms with Crippen molar-refractivity contribution in [3.05, 3.63) is 72.3 Å². The van der Waals surface area contributed by atoms with Crippen molar-refractivity contribution in [2.45, 2.75) is 26.3 Å². The Labute approximate surface area is 173 Å². The maximum Gasteiger partial charge on any atom is 0.180 e. The number of H-pyrrole nitrogens is 1. The third-order valence-electron chi connectivity index (χ3n) is 5.14. The molecule has 8 heteroatoms. The molecule has 0 amide bonds. The van der Waals surface area contributed by atoms with Crippen LogP contribution in [0.25, 0.3) is 33.5 Å². The minimum Gasteiger partial charge on any atom is -0.322 e. The summed E-state index contributed by atoms with van der Waals surface area (Å²) < 4.78 is 2.22. The molecular weight excluding hydrogens is 376 g/mol. The molecule has 0 atom stereocenters. The number of hydrogen-bond donors (Lipinski definition) is 1. The van der Waals surface area contributed by atoms with Crippen molar-refractivity contribution in [1.29, 1.82) is 0 Å². The number of rotatable bonds is 5. The second-order valence-corrected chi connectivity index (χ2v) is 7.46. The second-order valence-electron chi connectivity index (χ2n) is 7.46. The molecule has 0 aliphatic carbocycles. The van der Waals surface area contributed by atoms with E-state index in [-0.39, 0.29) is 0 Å². The summed E-state index contributed by atoms with van der Waals surface area (Å²) in [4.78, 5) is 4.75. The van der Waals surface area contributed by atoms with Gasteiger partial charge in [-0.15, -0.1) is 5.10 Å². The molecule has 0 bridgehead atoms. The van der Waals surface area contributed by atoms with Gasteiger partial charge in [0.2, 0.25) is 0 Å². The molecule has 0 aliphatic rings. The fraction of sp³-hybridized carbons (Fsp3) is 0.182. The van der Waals surface area contributed by atoms with E-state index >= 15 is 0 Å². The van der Waals surface area contributed by atoms with Gasteiger partial charge >= 0.3 is 0 Å². The van der Waals surface area contributed by atoms with Crippen LogP contribution in [0.3, 0.4) is 0 Å². The van der Waals surface area contributed by atoms with Gasteiger partial charge in [-0.3, -0.25) is 0 Å². The van der Waals surface area contributed by atoms with Crippen LogP contribution in [0.4, 0.5) is 0 Å². The average molecular weight is 396 g/mol. The fourth-order valence-electron chi connectivity index (χ4n) is 3.70. The zero-order chi connectivity index (χ0) is 20.5. The van der Waals surface area contributed by atoms with Crippen molar-refractivity contribution >= 4 is 11.0 Å². The van der Waals surface area contributed by atoms with E-state index in [4.69, 9.17) is 4.98 Å². The van der Waals surface area contributed by atoms with Crippen LogP contribution < -0.4 is 0 Å². The molecule has 148 valence electrons. The molecule has 0 fully saturated rings. The molecule has 0 saturated heterocycles. The van der Waals surface area contributed by atoms with Gasteiger partial charge in [0.15, 0.2) is 5.82 Å². The van der Waals surface area contributed by atoms with Crippen LogP contribution in [-0.4, -0.2) is 40.4 Å². The van der Waals surface area contributed by atoms with Gasteiger partial charge in [0.1, 0.15) is 11.3 Å². The first-order valence-corrected chi connectivity index (χ1v) is 9.80. The Morgan fingerprint density at radius 3 is 2.43 bits per heavy atom. The molecule has 30 heavy (non-hydrogen) atoms. The molecule has 0 spiro atoms. The summed E-state index contributed by atoms with van der Waals surface area (Å²) in [5, 5.41) is 22.3. The number of fused-ring (bicyclic) bond motifs is 1. The predicted octanol–water partition coefficient (Wildman–Crippen LogP) is 3.85. The van der Waals surface area contributed by atoms with Crippen LogP contribution in [0, 0.1) is 0 Å². The minimum absolute atomic E-state index is 0.305. The predicted molar refractivity (Wildman–Crippen MR) is 114 cm³/mol. The Morgan fingerprint density at radius 1 is 0.933 bits per heavy atom. The molecule has 0 unspecified atom stereocenters. The van der Waals surface area contributed by atoms with Crippen LogP contribution >= 0.6 is 0 Å². The number of tetrazole rings is 1. The standard InChI is InChI=1S/C22H20N8/c1-14(2)22-25-19-11-23-24-12-20(19)30(22)13-15-7-9-16(10-8-15)17-5-3-4-6-18(17)21-26-28-29-27-21/h3-12,14H,13H2,1-2H3,(H,26,27,28,29). The lowest BCUT2D eigenvalue weighted by Gasteiger charge is -2.12. The van der Waals surface area contributed by atoms with Crippen molar-refractivity contribution < 1.29 is 0 Å². The van der Waals surface area contributed by atoms with Crippen molar-refractivity contribution in [2.24, 2.45) is 0 Å². The van der Waals surface area contributed by atoms with E-state index in [0.717, 1.165) is 40.1 Å². The van der Waals surface area contributed by atoms with Crippen molar-refractivity contribution in [1.82, 2.24) is 40.4 Å². The highest BCUT2D eigenvalue weighted by molar-refractivity contribution is 5.80. The van der Waals surface area contributed by atoms with Crippen LogP contribution in [0.5, 0.6) is 0 Å². The maximum absolute atomic E-state index is 4.75. The first kappa shape index (κ1) is 18.1. The van der Waals surface area contributed by atoms with Crippen LogP contribution in [0.15, 0.2) is 60.9 Å². The van der Waals surface area contributed by atoms with Crippen LogP contribution in [0.1, 0.15) is 31.2 Å². The van der Waals surface area contributed by atoms with Crippen LogP contribution in [0.2, 0.25) is 0 Å². The number of benzene rings is 2. The normalized spacial score (nSPS) is 11.4. The lowest BCUT2D eigenvalue weighted by atomic mass is 9.98. The van der Waals surface area contributed by atoms with E-state index in [2.05, 4.69) is 79.6 Å². The first-order chi connectivity index (χ1) is 14.7. The quantitative estimate of drug-likeness (QED) is 0.485. The highest BCUT2D eigenvalue weighted by atomic mass is 15.5. The summed E-state index contributed by atoms with van der Waals surface area (Å²) in [7, 11) is 0. The lowest BCUT2D eigenvalue weighted by Crippen LogP contribution is -2.06. The molecular formula is C22H20N8. The highest BCUT2D eigenvalue weighted by Crippen LogP contribution is 2.30. The summed E-state index contributed by atoms with van der Waals surface area (Å²) in [5.41, 5.74) is 6.22. The van der Waals surface area contributed by atoms with Gasteiger partial charge in [-0.1, -0.05) is 62.4 Å². The van der Waals surface area contributed by atoms with E-state index in [9.17, 15) is 0 Å². The lowest BCUT2D eigenvalue weighted by molar-refractivity contribution is 0.683. The number of hydrogen-bond acceptors (Lipinski definition) is 6. The zero-order valence-corrected chi connectivity index (χ0v) is 16.7. The van der Waals surface area contributed by atoms with Gasteiger partial charge in [0.25, 0.3) is 0 Å². The first-order valence-electron chi connectivity index (χ1n) is 9.80. The molecule has 5 aromatic rings. The highest BCUT2D eigenvalue weighted by Gasteiger charge is 2.15. The summed E-state index contributed by atoms with van der Waals surface area (Å²) in [6, 6.07) is 16.6. The van der Waals surface area contributed by atoms with E-state index in [1.54, 1.807) is 12.4 Å². The van der Waals surface area contributed by atoms with Crippen molar-refractivity contribution in [2.75, 3.05) is 0 Å². The van der Waals surface area contributed by atoms with Gasteiger partial charge in [-0.25, -0.2) is 10.1 Å². The molecule has 0 saturated carbocycles. The fourth-order valence-corrected chi connectivity index (χ4v) is 3.70. The molecule has 0 radical (unpaired) electrons. The second kappa shape index (κ2) is 7.47. The number of aromatic amines is 1. The zero-order valence-electron chi connectivity index (χ0n) is 16.7. The number of nitrogens with one attached hydrogen (secondary N) is 1. The summed E-state index contributed by atoms with van der Waals surface area (Å²) in [6.07, 6.45) is 3.50. The molecule has 8 nitrogen and oxygen atoms in total. The van der Waals surface area contributed by atoms with E-state index < -0.39 is 0 Å². The van der Waals surface area contributed by atoms with Crippen molar-refractivity contribution in [3.63, 3.8) is 0 Å². The summed E-state index contributed by atoms with van der Waals surface area (Å²) in [5.74, 6) is 1.99. The van der Waals surface area contributed by atoms with E-state index in [1.165, 1.54) is 5.56 Å². The average Bonchev–Trinajstić information content (AvgIpc) is 3.43. The molecule has 5 rings (SSSR count). The Balaban J connectivity index is 1.50. The van der Waals surface area contributed by atoms with Crippen molar-refractivity contribution in [3.8, 4) is 22.5 Å². The number of aromatic nitrogens is 8. The molecule has 1 N–H and O–H groups in total. The third kappa shape index (κ3) is 3.22. The smallest absolute Gasteiger partial charge is 0.180 e. The Bertz CT molecular complexity index is 1290. The molecule has 3 heterocycles. The summed E-state index contributed by atoms with van der Waals surface area (Å²) >= 11 is 0. The summed E-state index contributed by atoms with van der Waals surface area (Å²) in [6.45, 7) is 5.03. The van der Waals surface area contributed by atoms with E-state index in [0.29, 0.717) is 11.7 Å². The Hall–Kier alpha value is -3.94. The van der Waals surface area contributed by atoms with Gasteiger partial charge in [-0.05, 0) is 27.1 Å². The topological polar surface area (TPSA) is 98.1 Å². The molecule has 2 aromatic carbocycles.